The zero-order chi connectivity index (χ0) is 27.8. The molecule has 9 nitrogen and oxygen atoms in total. The highest BCUT2D eigenvalue weighted by atomic mass is 35.5. The molecule has 0 unspecified atom stereocenters. The summed E-state index contributed by atoms with van der Waals surface area (Å²) in [4.78, 5) is 38.2. The zero-order valence-corrected chi connectivity index (χ0v) is 23.1. The Labute approximate surface area is 234 Å². The van der Waals surface area contributed by atoms with Crippen LogP contribution in [0.4, 0.5) is 0 Å². The number of rotatable bonds is 10. The number of methoxy groups -OCH3 is 2. The lowest BCUT2D eigenvalue weighted by molar-refractivity contribution is -0.150. The molecule has 2 N–H and O–H groups in total. The molecule has 12 heteroatoms. The molecule has 0 fully saturated rings. The predicted octanol–water partition coefficient (Wildman–Crippen LogP) is 4.19. The van der Waals surface area contributed by atoms with Crippen LogP contribution >= 0.6 is 35.0 Å². The molecule has 3 rings (SSSR count). The van der Waals surface area contributed by atoms with Gasteiger partial charge in [0.25, 0.3) is 0 Å². The minimum absolute atomic E-state index is 0.0734. The molecule has 200 valence electrons. The number of halogens is 2. The molecule has 0 aromatic heterocycles. The number of hydrogen-bond acceptors (Lipinski definition) is 8. The van der Waals surface area contributed by atoms with Crippen LogP contribution in [0.5, 0.6) is 11.5 Å². The Hall–Kier alpha value is -3.39. The van der Waals surface area contributed by atoms with E-state index >= 15 is 0 Å². The molecule has 1 aliphatic rings. The first-order valence-corrected chi connectivity index (χ1v) is 13.1. The second-order valence-electron chi connectivity index (χ2n) is 7.98. The molecule has 0 saturated carbocycles. The van der Waals surface area contributed by atoms with E-state index < -0.39 is 23.7 Å². The normalized spacial score (nSPS) is 16.8. The summed E-state index contributed by atoms with van der Waals surface area (Å²) in [5, 5.41) is 15.9. The number of esters is 1. The molecule has 0 bridgehead atoms. The third kappa shape index (κ3) is 6.72. The molecular formula is C26H25Cl2N3O6S. The number of nitriles is 1. The highest BCUT2D eigenvalue weighted by molar-refractivity contribution is 8.03. The summed E-state index contributed by atoms with van der Waals surface area (Å²) in [7, 11) is 2.72. The molecule has 2 amide bonds. The van der Waals surface area contributed by atoms with E-state index in [0.717, 1.165) is 24.4 Å². The summed E-state index contributed by atoms with van der Waals surface area (Å²) in [5.41, 5.74) is 1.30. The van der Waals surface area contributed by atoms with Crippen molar-refractivity contribution in [2.75, 3.05) is 26.6 Å². The van der Waals surface area contributed by atoms with Gasteiger partial charge < -0.3 is 24.8 Å². The van der Waals surface area contributed by atoms with Gasteiger partial charge in [0.2, 0.25) is 11.8 Å². The van der Waals surface area contributed by atoms with Gasteiger partial charge in [-0.2, -0.15) is 5.26 Å². The lowest BCUT2D eigenvalue weighted by Crippen LogP contribution is -2.44. The van der Waals surface area contributed by atoms with E-state index in [2.05, 4.69) is 16.7 Å². The van der Waals surface area contributed by atoms with Crippen LogP contribution in [0.25, 0.3) is 0 Å². The average Bonchev–Trinajstić information content (AvgIpc) is 2.91. The van der Waals surface area contributed by atoms with Crippen molar-refractivity contribution in [1.29, 1.82) is 5.26 Å². The fraction of sp³-hybridized carbons (Fsp3) is 0.308. The first-order valence-electron chi connectivity index (χ1n) is 11.4. The molecular weight excluding hydrogens is 553 g/mol. The summed E-state index contributed by atoms with van der Waals surface area (Å²) >= 11 is 13.7. The van der Waals surface area contributed by atoms with E-state index in [1.54, 1.807) is 26.2 Å². The van der Waals surface area contributed by atoms with Crippen molar-refractivity contribution in [2.45, 2.75) is 19.4 Å². The minimum Gasteiger partial charge on any atom is -0.497 e. The van der Waals surface area contributed by atoms with Crippen LogP contribution in [0.1, 0.15) is 24.0 Å². The monoisotopic (exact) mass is 577 g/mol. The Kier molecular flexibility index (Phi) is 10.3. The maximum absolute atomic E-state index is 13.0. The number of carbonyl (C=O) groups excluding carboxylic acids is 3. The Morgan fingerprint density at radius 3 is 2.37 bits per heavy atom. The number of hydrogen-bond donors (Lipinski definition) is 2. The van der Waals surface area contributed by atoms with Crippen molar-refractivity contribution in [3.63, 3.8) is 0 Å². The number of ether oxygens (including phenoxy) is 3. The Morgan fingerprint density at radius 1 is 1.16 bits per heavy atom. The molecule has 0 spiro atoms. The van der Waals surface area contributed by atoms with E-state index in [-0.39, 0.29) is 44.6 Å². The van der Waals surface area contributed by atoms with Gasteiger partial charge in [0, 0.05) is 12.5 Å². The van der Waals surface area contributed by atoms with Gasteiger partial charge in [-0.15, -0.1) is 0 Å². The van der Waals surface area contributed by atoms with E-state index in [9.17, 15) is 19.6 Å². The quantitative estimate of drug-likeness (QED) is 0.318. The van der Waals surface area contributed by atoms with Crippen LogP contribution < -0.4 is 20.1 Å². The van der Waals surface area contributed by atoms with E-state index in [4.69, 9.17) is 37.4 Å². The molecule has 2 aromatic rings. The Balaban J connectivity index is 1.87. The van der Waals surface area contributed by atoms with Crippen LogP contribution in [0.15, 0.2) is 47.0 Å². The average molecular weight is 578 g/mol. The number of thioether (sulfide) groups is 1. The summed E-state index contributed by atoms with van der Waals surface area (Å²) in [6, 6.07) is 12.3. The fourth-order valence-corrected chi connectivity index (χ4v) is 5.35. The number of carbonyl (C=O) groups is 3. The molecule has 1 aliphatic heterocycles. The standard InChI is InChI=1S/C26H25Cl2N3O6S/c1-4-37-23-18(27)9-15(10-19(23)28)21-17(11-29)25(31-24(33)22(21)26(34)36-3)38-13-20(32)30-12-14-5-7-16(35-2)8-6-14/h5-10,21-22H,4,12-13H2,1-3H3,(H,30,32)(H,31,33)/t21-,22+/m1/s1. The minimum atomic E-state index is -1.37. The van der Waals surface area contributed by atoms with Gasteiger partial charge in [0.05, 0.1) is 53.3 Å². The number of nitrogens with zero attached hydrogens (tertiary/aromatic N) is 1. The molecule has 0 saturated heterocycles. The smallest absolute Gasteiger partial charge is 0.319 e. The third-order valence-corrected chi connectivity index (χ3v) is 7.23. The zero-order valence-electron chi connectivity index (χ0n) is 20.8. The van der Waals surface area contributed by atoms with Gasteiger partial charge in [0.15, 0.2) is 5.75 Å². The van der Waals surface area contributed by atoms with E-state index in [1.165, 1.54) is 12.1 Å². The number of amides is 2. The lowest BCUT2D eigenvalue weighted by atomic mass is 9.78. The van der Waals surface area contributed by atoms with Crippen molar-refractivity contribution in [3.8, 4) is 17.6 Å². The molecule has 38 heavy (non-hydrogen) atoms. The summed E-state index contributed by atoms with van der Waals surface area (Å²) in [6.07, 6.45) is 0. The molecule has 2 atom stereocenters. The van der Waals surface area contributed by atoms with Crippen molar-refractivity contribution >= 4 is 52.7 Å². The first kappa shape index (κ1) is 29.2. The molecule has 2 aromatic carbocycles. The largest absolute Gasteiger partial charge is 0.497 e. The summed E-state index contributed by atoms with van der Waals surface area (Å²) in [5.74, 6) is -3.37. The van der Waals surface area contributed by atoms with Crippen LogP contribution in [0.3, 0.4) is 0 Å². The molecule has 1 heterocycles. The fourth-order valence-electron chi connectivity index (χ4n) is 3.85. The first-order chi connectivity index (χ1) is 18.2. The molecule has 0 radical (unpaired) electrons. The van der Waals surface area contributed by atoms with Gasteiger partial charge in [-0.05, 0) is 42.3 Å². The maximum Gasteiger partial charge on any atom is 0.319 e. The highest BCUT2D eigenvalue weighted by Gasteiger charge is 2.44. The Morgan fingerprint density at radius 2 is 1.82 bits per heavy atom. The third-order valence-electron chi connectivity index (χ3n) is 5.65. The van der Waals surface area contributed by atoms with Crippen LogP contribution in [0.2, 0.25) is 10.0 Å². The number of allylic oxidation sites excluding steroid dienone is 1. The van der Waals surface area contributed by atoms with Crippen molar-refractivity contribution < 1.29 is 28.6 Å². The van der Waals surface area contributed by atoms with Gasteiger partial charge in [-0.25, -0.2) is 0 Å². The van der Waals surface area contributed by atoms with Crippen LogP contribution in [0, 0.1) is 17.2 Å². The predicted molar refractivity (Wildman–Crippen MR) is 144 cm³/mol. The SMILES string of the molecule is CCOc1c(Cl)cc([C@@H]2C(C#N)=C(SCC(=O)NCc3ccc(OC)cc3)NC(=O)[C@H]2C(=O)OC)cc1Cl. The second-order valence-corrected chi connectivity index (χ2v) is 9.78. The van der Waals surface area contributed by atoms with E-state index in [1.807, 2.05) is 12.1 Å². The summed E-state index contributed by atoms with van der Waals surface area (Å²) in [6.45, 7) is 2.38. The van der Waals surface area contributed by atoms with E-state index in [0.29, 0.717) is 17.9 Å². The van der Waals surface area contributed by atoms with Crippen LogP contribution in [-0.2, 0) is 25.7 Å². The van der Waals surface area contributed by atoms with Crippen molar-refractivity contribution in [1.82, 2.24) is 10.6 Å². The number of nitrogens with one attached hydrogen (secondary N) is 2. The van der Waals surface area contributed by atoms with Gasteiger partial charge in [-0.1, -0.05) is 47.1 Å². The van der Waals surface area contributed by atoms with Gasteiger partial charge >= 0.3 is 5.97 Å². The topological polar surface area (TPSA) is 127 Å². The van der Waals surface area contributed by atoms with Gasteiger partial charge in [-0.3, -0.25) is 14.4 Å². The second kappa shape index (κ2) is 13.4. The Bertz CT molecular complexity index is 1270. The van der Waals surface area contributed by atoms with Crippen LogP contribution in [-0.4, -0.2) is 44.4 Å². The van der Waals surface area contributed by atoms with Crippen molar-refractivity contribution in [3.05, 3.63) is 68.2 Å². The van der Waals surface area contributed by atoms with Crippen molar-refractivity contribution in [2.24, 2.45) is 5.92 Å². The lowest BCUT2D eigenvalue weighted by Gasteiger charge is -2.31. The maximum atomic E-state index is 13.0. The number of benzene rings is 2. The van der Waals surface area contributed by atoms with Gasteiger partial charge in [0.1, 0.15) is 11.7 Å². The molecule has 0 aliphatic carbocycles. The highest BCUT2D eigenvalue weighted by Crippen LogP contribution is 2.44. The summed E-state index contributed by atoms with van der Waals surface area (Å²) < 4.78 is 15.4.